The summed E-state index contributed by atoms with van der Waals surface area (Å²) in [7, 11) is 0. The Morgan fingerprint density at radius 1 is 0.750 bits per heavy atom. The maximum atomic E-state index is 2.21. The molecule has 4 heavy (non-hydrogen) atoms. The first-order valence-electron chi connectivity index (χ1n) is 0.436. The number of hydrogen-bond donors (Lipinski definition) is 0. The maximum absolute atomic E-state index is 2.21. The van der Waals surface area contributed by atoms with Crippen LogP contribution in [0.1, 0.15) is 0 Å². The van der Waals surface area contributed by atoms with Gasteiger partial charge >= 0.3 is 76.7 Å². The molecule has 0 radical (unpaired) electrons. The zero-order valence-electron chi connectivity index (χ0n) is 1.91. The van der Waals surface area contributed by atoms with Crippen LogP contribution in [0.5, 0.6) is 0 Å². The van der Waals surface area contributed by atoms with Gasteiger partial charge in [-0.15, -0.1) is 0 Å². The molecule has 0 atom stereocenters. The van der Waals surface area contributed by atoms with E-state index in [1.165, 1.54) is 0 Å². The Morgan fingerprint density at radius 3 is 0.750 bits per heavy atom. The topological polar surface area (TPSA) is 0 Å². The van der Waals surface area contributed by atoms with Crippen LogP contribution in [0, 0.1) is 0 Å². The van der Waals surface area contributed by atoms with Crippen molar-refractivity contribution in [2.24, 2.45) is 0 Å². The molecule has 0 heterocycles. The summed E-state index contributed by atoms with van der Waals surface area (Å²) in [6, 6.07) is 0. The fourth-order valence-electron chi connectivity index (χ4n) is 0. The van der Waals surface area contributed by atoms with Crippen molar-refractivity contribution in [1.29, 1.82) is 0 Å². The van der Waals surface area contributed by atoms with Gasteiger partial charge in [-0.1, -0.05) is 0 Å². The van der Waals surface area contributed by atoms with Crippen molar-refractivity contribution in [3.8, 4) is 0 Å². The Kier molecular flexibility index (Phi) is 41.9. The van der Waals surface area contributed by atoms with E-state index in [1.807, 2.05) is 0 Å². The normalized spacial score (nSPS) is 2.00. The summed E-state index contributed by atoms with van der Waals surface area (Å²) >= 11 is 7.74. The molecule has 0 bridgehead atoms. The molecule has 20 valence electrons. The number of hydrogen-bond acceptors (Lipinski definition) is 0. The van der Waals surface area contributed by atoms with Crippen LogP contribution in [0.15, 0.2) is 0 Å². The molecule has 0 N–H and O–H groups in total. The first kappa shape index (κ1) is 10.2. The second-order valence-electron chi connectivity index (χ2n) is 0. The molecule has 0 amide bonds. The molecule has 0 saturated carbocycles. The van der Waals surface area contributed by atoms with Gasteiger partial charge < -0.3 is 0 Å². The molecule has 0 rings (SSSR count). The molecule has 0 aromatic carbocycles. The van der Waals surface area contributed by atoms with Crippen molar-refractivity contribution in [3.05, 3.63) is 0 Å². The van der Waals surface area contributed by atoms with Gasteiger partial charge in [-0.25, -0.2) is 0 Å². The van der Waals surface area contributed by atoms with E-state index in [2.05, 4.69) is 36.3 Å². The molecule has 0 aliphatic carbocycles. The molecule has 0 aliphatic rings. The van der Waals surface area contributed by atoms with Crippen LogP contribution in [0.4, 0.5) is 0 Å². The van der Waals surface area contributed by atoms with Crippen LogP contribution in [0.3, 0.4) is 0 Å². The third-order valence-electron chi connectivity index (χ3n) is 0. The standard InChI is InChI=1S/2HI.2Sc/h2*1H;;/q;;2*+1/p-2. The first-order chi connectivity index (χ1) is 2.00. The van der Waals surface area contributed by atoms with Crippen LogP contribution in [0.25, 0.3) is 0 Å². The third-order valence-corrected chi connectivity index (χ3v) is 0. The average molecular weight is 344 g/mol. The second-order valence-corrected chi connectivity index (χ2v) is 0. The molecule has 4 heteroatoms. The van der Waals surface area contributed by atoms with Crippen LogP contribution >= 0.6 is 36.3 Å². The fourth-order valence-corrected chi connectivity index (χ4v) is 0. The van der Waals surface area contributed by atoms with Crippen molar-refractivity contribution in [2.45, 2.75) is 0 Å². The zero-order chi connectivity index (χ0) is 4.00. The van der Waals surface area contributed by atoms with Gasteiger partial charge in [-0.3, -0.25) is 0 Å². The van der Waals surface area contributed by atoms with Crippen molar-refractivity contribution in [3.63, 3.8) is 0 Å². The summed E-state index contributed by atoms with van der Waals surface area (Å²) in [5.41, 5.74) is 0. The van der Waals surface area contributed by atoms with Crippen molar-refractivity contribution >= 4 is 36.3 Å². The minimum atomic E-state index is 1.66. The van der Waals surface area contributed by atoms with E-state index in [0.717, 1.165) is 0 Å². The summed E-state index contributed by atoms with van der Waals surface area (Å²) in [6.07, 6.45) is 0. The molecule has 0 aromatic heterocycles. The SMILES string of the molecule is [Sc][I].[Sc][I]. The molecule has 0 spiro atoms. The third kappa shape index (κ3) is 8.96. The zero-order valence-corrected chi connectivity index (χ0v) is 9.83. The average Bonchev–Trinajstić information content (AvgIpc) is 1.50. The van der Waals surface area contributed by atoms with Crippen molar-refractivity contribution in [2.75, 3.05) is 0 Å². The van der Waals surface area contributed by atoms with E-state index >= 15 is 0 Å². The Labute approximate surface area is 74.5 Å². The van der Waals surface area contributed by atoms with Gasteiger partial charge in [-0.05, 0) is 0 Å². The summed E-state index contributed by atoms with van der Waals surface area (Å²) in [4.78, 5) is 0. The first-order valence-corrected chi connectivity index (χ1v) is 12.1. The predicted octanol–water partition coefficient (Wildman–Crippen LogP) is 1.77. The number of rotatable bonds is 0. The van der Waals surface area contributed by atoms with Gasteiger partial charge in [-0.2, -0.15) is 0 Å². The molecular weight excluding hydrogens is 344 g/mol. The Balaban J connectivity index is 0. The molecule has 0 saturated heterocycles. The summed E-state index contributed by atoms with van der Waals surface area (Å²) in [5.74, 6) is 0. The monoisotopic (exact) mass is 344 g/mol. The van der Waals surface area contributed by atoms with E-state index in [9.17, 15) is 0 Å². The Bertz CT molecular complexity index is 4.00. The summed E-state index contributed by atoms with van der Waals surface area (Å²) in [6.45, 7) is 0. The van der Waals surface area contributed by atoms with Crippen LogP contribution in [-0.4, -0.2) is 0 Å². The van der Waals surface area contributed by atoms with E-state index in [-0.39, 0.29) is 0 Å². The van der Waals surface area contributed by atoms with Gasteiger partial charge in [0.25, 0.3) is 0 Å². The van der Waals surface area contributed by atoms with Gasteiger partial charge in [0.05, 0.1) is 0 Å². The summed E-state index contributed by atoms with van der Waals surface area (Å²) in [5, 5.41) is 0. The Hall–Kier alpha value is 3.20. The second kappa shape index (κ2) is 16.4. The van der Waals surface area contributed by atoms with Crippen LogP contribution < -0.4 is 0 Å². The van der Waals surface area contributed by atoms with E-state index < -0.39 is 0 Å². The van der Waals surface area contributed by atoms with Crippen LogP contribution in [-0.2, 0) is 40.4 Å². The molecule has 0 unspecified atom stereocenters. The molecular formula is I2Sc2. The van der Waals surface area contributed by atoms with E-state index in [4.69, 9.17) is 0 Å². The van der Waals surface area contributed by atoms with Gasteiger partial charge in [0.15, 0.2) is 0 Å². The predicted molar refractivity (Wildman–Crippen MR) is 28.0 cm³/mol. The quantitative estimate of drug-likeness (QED) is 0.588. The fraction of sp³-hybridized carbons (Fsp3) is 0. The number of halogens is 2. The minimum absolute atomic E-state index is 1.66. The van der Waals surface area contributed by atoms with Gasteiger partial charge in [0, 0.05) is 0 Å². The molecule has 0 fully saturated rings. The van der Waals surface area contributed by atoms with Gasteiger partial charge in [0.1, 0.15) is 0 Å². The van der Waals surface area contributed by atoms with Crippen molar-refractivity contribution < 1.29 is 40.4 Å². The molecule has 0 aliphatic heterocycles. The van der Waals surface area contributed by atoms with Gasteiger partial charge in [0.2, 0.25) is 0 Å². The molecule has 0 nitrogen and oxygen atoms in total. The van der Waals surface area contributed by atoms with Crippen LogP contribution in [0.2, 0.25) is 0 Å². The Morgan fingerprint density at radius 2 is 0.750 bits per heavy atom. The summed E-state index contributed by atoms with van der Waals surface area (Å²) < 4.78 is 0. The van der Waals surface area contributed by atoms with Crippen molar-refractivity contribution in [1.82, 2.24) is 0 Å². The molecule has 0 aromatic rings. The van der Waals surface area contributed by atoms with E-state index in [1.54, 1.807) is 40.4 Å². The van der Waals surface area contributed by atoms with E-state index in [0.29, 0.717) is 0 Å².